The van der Waals surface area contributed by atoms with Crippen molar-refractivity contribution in [1.29, 1.82) is 0 Å². The summed E-state index contributed by atoms with van der Waals surface area (Å²) in [6, 6.07) is 6.34. The lowest BCUT2D eigenvalue weighted by molar-refractivity contribution is -0.152. The second kappa shape index (κ2) is 7.29. The number of rotatable bonds is 5. The topological polar surface area (TPSA) is 122 Å². The minimum absolute atomic E-state index is 0.0805. The third kappa shape index (κ3) is 3.53. The molecule has 0 saturated carbocycles. The lowest BCUT2D eigenvalue weighted by atomic mass is 9.91. The molecule has 0 bridgehead atoms. The molecule has 1 aromatic carbocycles. The summed E-state index contributed by atoms with van der Waals surface area (Å²) < 4.78 is 9.42. The normalized spacial score (nSPS) is 21.6. The number of aryl methyl sites for hydroxylation is 1. The number of hydrogen-bond acceptors (Lipinski definition) is 7. The van der Waals surface area contributed by atoms with Crippen LogP contribution in [0.5, 0.6) is 0 Å². The maximum Gasteiger partial charge on any atom is 0.416 e. The molecule has 2 saturated heterocycles. The van der Waals surface area contributed by atoms with Crippen molar-refractivity contribution in [2.75, 3.05) is 26.3 Å². The van der Waals surface area contributed by atoms with Crippen LogP contribution in [0.3, 0.4) is 0 Å². The van der Waals surface area contributed by atoms with Gasteiger partial charge in [-0.1, -0.05) is 29.8 Å². The third-order valence-corrected chi connectivity index (χ3v) is 4.61. The van der Waals surface area contributed by atoms with Crippen LogP contribution in [0.15, 0.2) is 24.3 Å². The highest BCUT2D eigenvalue weighted by molar-refractivity contribution is 6.09. The molecule has 2 fully saturated rings. The van der Waals surface area contributed by atoms with Crippen LogP contribution in [0.1, 0.15) is 18.1 Å². The third-order valence-electron chi connectivity index (χ3n) is 4.61. The van der Waals surface area contributed by atoms with E-state index in [0.717, 1.165) is 15.4 Å². The number of esters is 1. The average molecular weight is 389 g/mol. The van der Waals surface area contributed by atoms with Gasteiger partial charge >= 0.3 is 18.1 Å². The van der Waals surface area contributed by atoms with Gasteiger partial charge in [-0.3, -0.25) is 19.3 Å². The predicted molar refractivity (Wildman–Crippen MR) is 92.8 cm³/mol. The van der Waals surface area contributed by atoms with Gasteiger partial charge in [0.1, 0.15) is 18.7 Å². The highest BCUT2D eigenvalue weighted by Crippen LogP contribution is 2.28. The highest BCUT2D eigenvalue weighted by Gasteiger charge is 2.49. The van der Waals surface area contributed by atoms with Crippen molar-refractivity contribution in [2.24, 2.45) is 0 Å². The zero-order valence-corrected chi connectivity index (χ0v) is 15.4. The van der Waals surface area contributed by atoms with Gasteiger partial charge < -0.3 is 14.8 Å². The SMILES string of the molecule is Cc1ccc([C@]2(C)NC(=O)N(CC(=O)OCC(=O)N3CCOC3=O)C2=O)cc1. The van der Waals surface area contributed by atoms with E-state index in [2.05, 4.69) is 10.1 Å². The molecule has 0 unspecified atom stereocenters. The summed E-state index contributed by atoms with van der Waals surface area (Å²) >= 11 is 0. The van der Waals surface area contributed by atoms with Crippen molar-refractivity contribution in [3.05, 3.63) is 35.4 Å². The molecule has 2 heterocycles. The number of ether oxygens (including phenoxy) is 2. The second-order valence-electron chi connectivity index (χ2n) is 6.63. The minimum Gasteiger partial charge on any atom is -0.454 e. The molecule has 0 aromatic heterocycles. The Bertz CT molecular complexity index is 851. The number of imide groups is 2. The van der Waals surface area contributed by atoms with Crippen molar-refractivity contribution in [2.45, 2.75) is 19.4 Å². The smallest absolute Gasteiger partial charge is 0.416 e. The standard InChI is InChI=1S/C18H19N3O7/c1-11-3-5-12(6-4-11)18(2)15(24)21(16(25)19-18)9-14(23)28-10-13(22)20-7-8-27-17(20)26/h3-6H,7-10H2,1-2H3,(H,19,25)/t18-/m0/s1. The maximum atomic E-state index is 12.7. The Labute approximate surface area is 160 Å². The van der Waals surface area contributed by atoms with Crippen LogP contribution in [-0.2, 0) is 29.4 Å². The van der Waals surface area contributed by atoms with Crippen molar-refractivity contribution in [3.8, 4) is 0 Å². The maximum absolute atomic E-state index is 12.7. The number of cyclic esters (lactones) is 1. The molecule has 10 heteroatoms. The number of benzene rings is 1. The second-order valence-corrected chi connectivity index (χ2v) is 6.63. The van der Waals surface area contributed by atoms with Crippen LogP contribution >= 0.6 is 0 Å². The van der Waals surface area contributed by atoms with Crippen molar-refractivity contribution < 1.29 is 33.4 Å². The molecular formula is C18H19N3O7. The van der Waals surface area contributed by atoms with Gasteiger partial charge in [-0.05, 0) is 19.4 Å². The van der Waals surface area contributed by atoms with Gasteiger partial charge in [0.15, 0.2) is 6.61 Å². The summed E-state index contributed by atoms with van der Waals surface area (Å²) in [5.41, 5.74) is 0.270. The van der Waals surface area contributed by atoms with Crippen LogP contribution in [0, 0.1) is 6.92 Å². The molecule has 0 radical (unpaired) electrons. The summed E-state index contributed by atoms with van der Waals surface area (Å²) in [5.74, 6) is -2.29. The number of carbonyl (C=O) groups is 5. The summed E-state index contributed by atoms with van der Waals surface area (Å²) in [7, 11) is 0. The van der Waals surface area contributed by atoms with Gasteiger partial charge in [0.05, 0.1) is 6.54 Å². The molecule has 2 aliphatic heterocycles. The average Bonchev–Trinajstić information content (AvgIpc) is 3.17. The van der Waals surface area contributed by atoms with Crippen molar-refractivity contribution in [3.63, 3.8) is 0 Å². The Hall–Kier alpha value is -3.43. The quantitative estimate of drug-likeness (QED) is 0.567. The number of urea groups is 1. The summed E-state index contributed by atoms with van der Waals surface area (Å²) in [4.78, 5) is 61.6. The van der Waals surface area contributed by atoms with E-state index in [1.165, 1.54) is 0 Å². The Morgan fingerprint density at radius 3 is 2.50 bits per heavy atom. The summed E-state index contributed by atoms with van der Waals surface area (Å²) in [6.07, 6.45) is -0.802. The van der Waals surface area contributed by atoms with Crippen LogP contribution in [-0.4, -0.2) is 66.0 Å². The number of nitrogens with zero attached hydrogens (tertiary/aromatic N) is 2. The first kappa shape index (κ1) is 19.3. The van der Waals surface area contributed by atoms with Crippen molar-refractivity contribution >= 4 is 29.9 Å². The Morgan fingerprint density at radius 1 is 1.21 bits per heavy atom. The van der Waals surface area contributed by atoms with Gasteiger partial charge in [-0.25, -0.2) is 14.5 Å². The van der Waals surface area contributed by atoms with Gasteiger partial charge in [-0.2, -0.15) is 0 Å². The zero-order valence-electron chi connectivity index (χ0n) is 15.4. The molecule has 0 aliphatic carbocycles. The molecule has 10 nitrogen and oxygen atoms in total. The minimum atomic E-state index is -1.31. The fraction of sp³-hybridized carbons (Fsp3) is 0.389. The van der Waals surface area contributed by atoms with E-state index < -0.39 is 48.6 Å². The van der Waals surface area contributed by atoms with Gasteiger partial charge in [0.25, 0.3) is 11.8 Å². The van der Waals surface area contributed by atoms with Crippen LogP contribution in [0.25, 0.3) is 0 Å². The molecule has 1 N–H and O–H groups in total. The molecule has 0 spiro atoms. The fourth-order valence-electron chi connectivity index (χ4n) is 2.94. The van der Waals surface area contributed by atoms with E-state index in [1.54, 1.807) is 19.1 Å². The lowest BCUT2D eigenvalue weighted by Crippen LogP contribution is -2.42. The molecule has 2 aliphatic rings. The molecule has 148 valence electrons. The first-order chi connectivity index (χ1) is 13.2. The number of nitrogens with one attached hydrogen (secondary N) is 1. The molecule has 1 atom stereocenters. The van der Waals surface area contributed by atoms with E-state index in [0.29, 0.717) is 5.56 Å². The van der Waals surface area contributed by atoms with Crippen molar-refractivity contribution in [1.82, 2.24) is 15.1 Å². The number of carbonyl (C=O) groups excluding carboxylic acids is 5. The largest absolute Gasteiger partial charge is 0.454 e. The number of hydrogen-bond donors (Lipinski definition) is 1. The van der Waals surface area contributed by atoms with Gasteiger partial charge in [0, 0.05) is 0 Å². The Balaban J connectivity index is 1.61. The predicted octanol–water partition coefficient (Wildman–Crippen LogP) is 0.284. The first-order valence-corrected chi connectivity index (χ1v) is 8.56. The number of amides is 5. The summed E-state index contributed by atoms with van der Waals surface area (Å²) in [5, 5.41) is 2.58. The van der Waals surface area contributed by atoms with Gasteiger partial charge in [0.2, 0.25) is 0 Å². The Morgan fingerprint density at radius 2 is 1.89 bits per heavy atom. The van der Waals surface area contributed by atoms with E-state index in [9.17, 15) is 24.0 Å². The van der Waals surface area contributed by atoms with Crippen LogP contribution < -0.4 is 5.32 Å². The lowest BCUT2D eigenvalue weighted by Gasteiger charge is -2.22. The molecule has 28 heavy (non-hydrogen) atoms. The van der Waals surface area contributed by atoms with E-state index >= 15 is 0 Å². The van der Waals surface area contributed by atoms with Crippen LogP contribution in [0.2, 0.25) is 0 Å². The monoisotopic (exact) mass is 389 g/mol. The van der Waals surface area contributed by atoms with E-state index in [4.69, 9.17) is 4.74 Å². The first-order valence-electron chi connectivity index (χ1n) is 8.56. The molecule has 5 amide bonds. The zero-order chi connectivity index (χ0) is 20.5. The molecular weight excluding hydrogens is 370 g/mol. The Kier molecular flexibility index (Phi) is 5.04. The van der Waals surface area contributed by atoms with E-state index in [1.807, 2.05) is 19.1 Å². The highest BCUT2D eigenvalue weighted by atomic mass is 16.6. The molecule has 3 rings (SSSR count). The fourth-order valence-corrected chi connectivity index (χ4v) is 2.94. The van der Waals surface area contributed by atoms with Gasteiger partial charge in [-0.15, -0.1) is 0 Å². The van der Waals surface area contributed by atoms with Crippen LogP contribution in [0.4, 0.5) is 9.59 Å². The summed E-state index contributed by atoms with van der Waals surface area (Å²) in [6.45, 7) is 2.27. The van der Waals surface area contributed by atoms with E-state index in [-0.39, 0.29) is 13.2 Å². The molecule has 1 aromatic rings.